The van der Waals surface area contributed by atoms with E-state index >= 15 is 0 Å². The maximum Gasteiger partial charge on any atom is 0.262 e. The lowest BCUT2D eigenvalue weighted by Gasteiger charge is -2.11. The monoisotopic (exact) mass is 260 g/mol. The molecule has 0 amide bonds. The maximum atomic E-state index is 12.1. The van der Waals surface area contributed by atoms with Crippen molar-refractivity contribution in [2.24, 2.45) is 0 Å². The fraction of sp³-hybridized carbons (Fsp3) is 0.286. The Kier molecular flexibility index (Phi) is 3.66. The van der Waals surface area contributed by atoms with E-state index in [1.54, 1.807) is 13.0 Å². The summed E-state index contributed by atoms with van der Waals surface area (Å²) < 4.78 is 5.07. The molecule has 0 aliphatic carbocycles. The normalized spacial score (nSPS) is 12.4. The fourth-order valence-corrected chi connectivity index (χ4v) is 1.88. The average molecular weight is 260 g/mol. The molecule has 1 unspecified atom stereocenters. The number of nitrogens with zero attached hydrogens (tertiary/aromatic N) is 1. The molecule has 0 saturated carbocycles. The zero-order valence-electron chi connectivity index (χ0n) is 11.1. The molecule has 0 fully saturated rings. The number of hydrogen-bond acceptors (Lipinski definition) is 4. The Labute approximate surface area is 110 Å². The van der Waals surface area contributed by atoms with Gasteiger partial charge in [-0.3, -0.25) is 4.79 Å². The molecule has 5 heteroatoms. The lowest BCUT2D eigenvalue weighted by Crippen LogP contribution is -2.16. The van der Waals surface area contributed by atoms with E-state index in [0.717, 1.165) is 5.56 Å². The van der Waals surface area contributed by atoms with Gasteiger partial charge in [-0.2, -0.15) is 4.98 Å². The van der Waals surface area contributed by atoms with Crippen LogP contribution in [0.5, 0.6) is 5.88 Å². The van der Waals surface area contributed by atoms with Gasteiger partial charge in [0.15, 0.2) is 0 Å². The topological polar surface area (TPSA) is 75.2 Å². The summed E-state index contributed by atoms with van der Waals surface area (Å²) in [5.74, 6) is 0.0271. The van der Waals surface area contributed by atoms with Gasteiger partial charge < -0.3 is 14.8 Å². The first-order valence-corrected chi connectivity index (χ1v) is 5.96. The van der Waals surface area contributed by atoms with Gasteiger partial charge in [0.05, 0.1) is 0 Å². The predicted octanol–water partition coefficient (Wildman–Crippen LogP) is 2.16. The Bertz CT molecular complexity index is 649. The first kappa shape index (κ1) is 13.3. The Morgan fingerprint density at radius 3 is 2.63 bits per heavy atom. The van der Waals surface area contributed by atoms with E-state index in [4.69, 9.17) is 4.74 Å². The number of hydrogen-bond donors (Lipinski definition) is 2. The van der Waals surface area contributed by atoms with E-state index in [9.17, 15) is 9.90 Å². The number of methoxy groups -OCH3 is 1. The fourth-order valence-electron chi connectivity index (χ4n) is 1.88. The molecule has 2 rings (SSSR count). The van der Waals surface area contributed by atoms with Crippen molar-refractivity contribution >= 4 is 0 Å². The van der Waals surface area contributed by atoms with Crippen LogP contribution in [-0.4, -0.2) is 22.2 Å². The number of aromatic amines is 1. The largest absolute Gasteiger partial charge is 0.493 e. The summed E-state index contributed by atoms with van der Waals surface area (Å²) in [6, 6.07) is 7.34. The molecule has 0 aliphatic rings. The Morgan fingerprint density at radius 2 is 2.05 bits per heavy atom. The van der Waals surface area contributed by atoms with Crippen molar-refractivity contribution in [3.8, 4) is 17.0 Å². The van der Waals surface area contributed by atoms with Gasteiger partial charge in [-0.25, -0.2) is 0 Å². The third-order valence-corrected chi connectivity index (χ3v) is 3.07. The molecule has 1 atom stereocenters. The highest BCUT2D eigenvalue weighted by Crippen LogP contribution is 2.27. The summed E-state index contributed by atoms with van der Waals surface area (Å²) >= 11 is 0. The molecule has 2 N–H and O–H groups in total. The van der Waals surface area contributed by atoms with Gasteiger partial charge in [0.1, 0.15) is 17.5 Å². The number of rotatable bonds is 3. The van der Waals surface area contributed by atoms with Crippen LogP contribution in [-0.2, 0) is 4.74 Å². The number of aromatic hydroxyl groups is 1. The average Bonchev–Trinajstić information content (AvgIpc) is 2.39. The van der Waals surface area contributed by atoms with Crippen molar-refractivity contribution in [3.05, 3.63) is 46.0 Å². The summed E-state index contributed by atoms with van der Waals surface area (Å²) in [4.78, 5) is 18.8. The third-order valence-electron chi connectivity index (χ3n) is 3.07. The first-order chi connectivity index (χ1) is 9.04. The highest BCUT2D eigenvalue weighted by atomic mass is 16.5. The molecule has 5 nitrogen and oxygen atoms in total. The standard InChI is InChI=1S/C14H16N2O3/c1-8-6-4-5-7-10(8)11-13(17)15-12(9(2)19-3)16-14(11)18/h4-7,9H,1-3H3,(H2,15,16,17,18). The van der Waals surface area contributed by atoms with Gasteiger partial charge >= 0.3 is 0 Å². The molecule has 100 valence electrons. The SMILES string of the molecule is COC(C)c1nc(O)c(-c2ccccc2C)c(=O)[nH]1. The molecule has 0 radical (unpaired) electrons. The molecular weight excluding hydrogens is 244 g/mol. The van der Waals surface area contributed by atoms with Crippen molar-refractivity contribution in [3.63, 3.8) is 0 Å². The molecule has 0 aliphatic heterocycles. The zero-order valence-corrected chi connectivity index (χ0v) is 11.1. The van der Waals surface area contributed by atoms with Crippen molar-refractivity contribution in [1.82, 2.24) is 9.97 Å². The van der Waals surface area contributed by atoms with Crippen LogP contribution in [0.1, 0.15) is 24.4 Å². The first-order valence-electron chi connectivity index (χ1n) is 5.96. The maximum absolute atomic E-state index is 12.1. The number of ether oxygens (including phenoxy) is 1. The summed E-state index contributed by atoms with van der Waals surface area (Å²) in [7, 11) is 1.51. The van der Waals surface area contributed by atoms with Gasteiger partial charge in [0.2, 0.25) is 5.88 Å². The minimum Gasteiger partial charge on any atom is -0.493 e. The number of aryl methyl sites for hydroxylation is 1. The Hall–Kier alpha value is -2.14. The van der Waals surface area contributed by atoms with E-state index in [1.165, 1.54) is 7.11 Å². The van der Waals surface area contributed by atoms with Crippen LogP contribution in [0.15, 0.2) is 29.1 Å². The summed E-state index contributed by atoms with van der Waals surface area (Å²) in [5, 5.41) is 10.0. The summed E-state index contributed by atoms with van der Waals surface area (Å²) in [6.45, 7) is 3.62. The molecule has 0 bridgehead atoms. The van der Waals surface area contributed by atoms with E-state index in [2.05, 4.69) is 9.97 Å². The second-order valence-corrected chi connectivity index (χ2v) is 4.34. The zero-order chi connectivity index (χ0) is 14.0. The van der Waals surface area contributed by atoms with Crippen molar-refractivity contribution in [2.45, 2.75) is 20.0 Å². The Balaban J connectivity index is 2.61. The molecule has 0 saturated heterocycles. The van der Waals surface area contributed by atoms with Gasteiger partial charge in [0.25, 0.3) is 5.56 Å². The molecule has 1 aromatic heterocycles. The van der Waals surface area contributed by atoms with Crippen LogP contribution in [0.2, 0.25) is 0 Å². The smallest absolute Gasteiger partial charge is 0.262 e. The third kappa shape index (κ3) is 2.51. The second kappa shape index (κ2) is 5.24. The van der Waals surface area contributed by atoms with Crippen molar-refractivity contribution < 1.29 is 9.84 Å². The van der Waals surface area contributed by atoms with Crippen LogP contribution in [0, 0.1) is 6.92 Å². The lowest BCUT2D eigenvalue weighted by molar-refractivity contribution is 0.111. The van der Waals surface area contributed by atoms with E-state index in [1.807, 2.05) is 25.1 Å². The van der Waals surface area contributed by atoms with Gasteiger partial charge in [-0.15, -0.1) is 0 Å². The lowest BCUT2D eigenvalue weighted by atomic mass is 10.0. The number of H-pyrrole nitrogens is 1. The molecule has 0 spiro atoms. The molecule has 19 heavy (non-hydrogen) atoms. The van der Waals surface area contributed by atoms with Gasteiger partial charge in [0, 0.05) is 7.11 Å². The van der Waals surface area contributed by atoms with Crippen LogP contribution >= 0.6 is 0 Å². The molecule has 1 heterocycles. The molecular formula is C14H16N2O3. The molecule has 2 aromatic rings. The summed E-state index contributed by atoms with van der Waals surface area (Å²) in [5.41, 5.74) is 1.38. The molecule has 1 aromatic carbocycles. The van der Waals surface area contributed by atoms with E-state index < -0.39 is 0 Å². The van der Waals surface area contributed by atoms with E-state index in [-0.39, 0.29) is 23.1 Å². The van der Waals surface area contributed by atoms with Crippen LogP contribution in [0.3, 0.4) is 0 Å². The van der Waals surface area contributed by atoms with E-state index in [0.29, 0.717) is 11.4 Å². The second-order valence-electron chi connectivity index (χ2n) is 4.34. The minimum atomic E-state index is -0.385. The van der Waals surface area contributed by atoms with Crippen molar-refractivity contribution in [1.29, 1.82) is 0 Å². The Morgan fingerprint density at radius 1 is 1.37 bits per heavy atom. The number of nitrogens with one attached hydrogen (secondary N) is 1. The highest BCUT2D eigenvalue weighted by molar-refractivity contribution is 5.70. The highest BCUT2D eigenvalue weighted by Gasteiger charge is 2.16. The summed E-state index contributed by atoms with van der Waals surface area (Å²) in [6.07, 6.45) is -0.385. The van der Waals surface area contributed by atoms with Crippen molar-refractivity contribution in [2.75, 3.05) is 7.11 Å². The van der Waals surface area contributed by atoms with Gasteiger partial charge in [-0.1, -0.05) is 24.3 Å². The van der Waals surface area contributed by atoms with Crippen LogP contribution in [0.4, 0.5) is 0 Å². The van der Waals surface area contributed by atoms with Gasteiger partial charge in [-0.05, 0) is 25.0 Å². The minimum absolute atomic E-state index is 0.185. The van der Waals surface area contributed by atoms with Crippen LogP contribution < -0.4 is 5.56 Å². The predicted molar refractivity (Wildman–Crippen MR) is 72.1 cm³/mol. The number of benzene rings is 1. The number of aromatic nitrogens is 2. The van der Waals surface area contributed by atoms with Crippen LogP contribution in [0.25, 0.3) is 11.1 Å². The quantitative estimate of drug-likeness (QED) is 0.886.